The molecule has 1 aliphatic rings. The predicted octanol–water partition coefficient (Wildman–Crippen LogP) is 3.82. The van der Waals surface area contributed by atoms with Gasteiger partial charge in [0.25, 0.3) is 0 Å². The largest absolute Gasteiger partial charge is 0.289 e. The first-order chi connectivity index (χ1) is 10.3. The topological polar surface area (TPSA) is 33.2 Å². The Balaban J connectivity index is 2.09. The molecule has 3 nitrogen and oxygen atoms in total. The van der Waals surface area contributed by atoms with Gasteiger partial charge in [0.1, 0.15) is 5.82 Å². The van der Waals surface area contributed by atoms with Crippen LogP contribution in [0.5, 0.6) is 0 Å². The van der Waals surface area contributed by atoms with Gasteiger partial charge >= 0.3 is 0 Å². The van der Waals surface area contributed by atoms with Crippen LogP contribution in [0.25, 0.3) is 0 Å². The van der Waals surface area contributed by atoms with Gasteiger partial charge in [-0.2, -0.15) is 0 Å². The maximum absolute atomic E-state index is 11.9. The van der Waals surface area contributed by atoms with Crippen molar-refractivity contribution in [3.05, 3.63) is 59.8 Å². The number of nitrogens with zero attached hydrogens (tertiary/aromatic N) is 2. The lowest BCUT2D eigenvalue weighted by Gasteiger charge is -2.38. The lowest BCUT2D eigenvalue weighted by atomic mass is 9.86. The summed E-state index contributed by atoms with van der Waals surface area (Å²) in [4.78, 5) is 18.1. The van der Waals surface area contributed by atoms with Crippen molar-refractivity contribution in [2.75, 3.05) is 4.90 Å². The van der Waals surface area contributed by atoms with E-state index in [4.69, 9.17) is 0 Å². The van der Waals surface area contributed by atoms with E-state index in [1.165, 1.54) is 5.56 Å². The zero-order valence-corrected chi connectivity index (χ0v) is 12.3. The van der Waals surface area contributed by atoms with E-state index in [0.717, 1.165) is 43.5 Å². The Bertz CT molecular complexity index is 618. The van der Waals surface area contributed by atoms with Gasteiger partial charge in [-0.3, -0.25) is 9.69 Å². The molecule has 3 rings (SSSR count). The molecule has 0 N–H and O–H groups in total. The third kappa shape index (κ3) is 2.44. The molecule has 0 spiro atoms. The Morgan fingerprint density at radius 1 is 1.14 bits per heavy atom. The van der Waals surface area contributed by atoms with Crippen LogP contribution >= 0.6 is 0 Å². The molecule has 1 fully saturated rings. The van der Waals surface area contributed by atoms with Gasteiger partial charge in [-0.25, -0.2) is 4.98 Å². The van der Waals surface area contributed by atoms with E-state index in [9.17, 15) is 4.79 Å². The summed E-state index contributed by atoms with van der Waals surface area (Å²) in [6.07, 6.45) is 6.99. The van der Waals surface area contributed by atoms with Crippen LogP contribution in [-0.4, -0.2) is 11.4 Å². The van der Waals surface area contributed by atoms with Gasteiger partial charge in [0.05, 0.1) is 5.54 Å². The number of aryl methyl sites for hydroxylation is 1. The van der Waals surface area contributed by atoms with E-state index in [1.807, 2.05) is 42.2 Å². The van der Waals surface area contributed by atoms with Crippen molar-refractivity contribution in [3.8, 4) is 0 Å². The Hall–Kier alpha value is -2.16. The Labute approximate surface area is 125 Å². The van der Waals surface area contributed by atoms with Gasteiger partial charge in [0.2, 0.25) is 6.41 Å². The zero-order valence-electron chi connectivity index (χ0n) is 12.3. The smallest absolute Gasteiger partial charge is 0.216 e. The second-order valence-electron chi connectivity index (χ2n) is 5.77. The summed E-state index contributed by atoms with van der Waals surface area (Å²) < 4.78 is 0. The highest BCUT2D eigenvalue weighted by atomic mass is 16.1. The average Bonchev–Trinajstić information content (AvgIpc) is 3.00. The minimum atomic E-state index is -0.246. The van der Waals surface area contributed by atoms with Crippen molar-refractivity contribution in [3.63, 3.8) is 0 Å². The highest BCUT2D eigenvalue weighted by Crippen LogP contribution is 2.44. The lowest BCUT2D eigenvalue weighted by Crippen LogP contribution is -2.44. The monoisotopic (exact) mass is 280 g/mol. The fraction of sp³-hybridized carbons (Fsp3) is 0.333. The third-order valence-corrected chi connectivity index (χ3v) is 4.46. The number of pyridine rings is 1. The molecular weight excluding hydrogens is 260 g/mol. The normalized spacial score (nSPS) is 16.6. The summed E-state index contributed by atoms with van der Waals surface area (Å²) >= 11 is 0. The van der Waals surface area contributed by atoms with Gasteiger partial charge < -0.3 is 0 Å². The maximum atomic E-state index is 11.9. The van der Waals surface area contributed by atoms with Crippen LogP contribution in [0.1, 0.15) is 36.8 Å². The van der Waals surface area contributed by atoms with Crippen LogP contribution in [0.15, 0.2) is 48.7 Å². The molecule has 3 heteroatoms. The summed E-state index contributed by atoms with van der Waals surface area (Å²) in [6.45, 7) is 2.03. The molecule has 1 aromatic heterocycles. The van der Waals surface area contributed by atoms with Crippen LogP contribution < -0.4 is 4.90 Å². The number of anilines is 1. The number of carbonyl (C=O) groups is 1. The van der Waals surface area contributed by atoms with Crippen molar-refractivity contribution in [2.45, 2.75) is 38.1 Å². The van der Waals surface area contributed by atoms with Crippen molar-refractivity contribution in [1.82, 2.24) is 4.98 Å². The molecule has 0 bridgehead atoms. The van der Waals surface area contributed by atoms with Crippen LogP contribution in [-0.2, 0) is 10.3 Å². The quantitative estimate of drug-likeness (QED) is 0.798. The predicted molar refractivity (Wildman–Crippen MR) is 84.1 cm³/mol. The molecule has 1 aliphatic carbocycles. The second-order valence-corrected chi connectivity index (χ2v) is 5.77. The summed E-state index contributed by atoms with van der Waals surface area (Å²) in [5.41, 5.74) is 2.08. The van der Waals surface area contributed by atoms with E-state index >= 15 is 0 Å². The second kappa shape index (κ2) is 5.68. The van der Waals surface area contributed by atoms with Crippen LogP contribution in [0.2, 0.25) is 0 Å². The molecule has 2 aromatic rings. The molecule has 0 radical (unpaired) electrons. The first-order valence-corrected chi connectivity index (χ1v) is 7.49. The van der Waals surface area contributed by atoms with E-state index in [0.29, 0.717) is 0 Å². The minimum absolute atomic E-state index is 0.246. The highest BCUT2D eigenvalue weighted by molar-refractivity contribution is 5.76. The van der Waals surface area contributed by atoms with Gasteiger partial charge in [-0.05, 0) is 43.0 Å². The number of hydrogen-bond donors (Lipinski definition) is 0. The van der Waals surface area contributed by atoms with Crippen molar-refractivity contribution in [2.24, 2.45) is 0 Å². The first kappa shape index (κ1) is 13.8. The average molecular weight is 280 g/mol. The number of amides is 1. The summed E-state index contributed by atoms with van der Waals surface area (Å²) in [7, 11) is 0. The fourth-order valence-electron chi connectivity index (χ4n) is 3.40. The molecule has 0 saturated heterocycles. The zero-order chi connectivity index (χ0) is 14.7. The van der Waals surface area contributed by atoms with Gasteiger partial charge in [-0.1, -0.05) is 43.2 Å². The molecule has 1 aromatic carbocycles. The van der Waals surface area contributed by atoms with Gasteiger partial charge in [0, 0.05) is 6.20 Å². The Kier molecular flexibility index (Phi) is 3.74. The first-order valence-electron chi connectivity index (χ1n) is 7.49. The minimum Gasteiger partial charge on any atom is -0.289 e. The van der Waals surface area contributed by atoms with Crippen LogP contribution in [0.4, 0.5) is 5.82 Å². The molecule has 0 atom stereocenters. The third-order valence-electron chi connectivity index (χ3n) is 4.46. The van der Waals surface area contributed by atoms with Gasteiger partial charge in [-0.15, -0.1) is 0 Å². The number of hydrogen-bond acceptors (Lipinski definition) is 2. The van der Waals surface area contributed by atoms with Gasteiger partial charge in [0.15, 0.2) is 0 Å². The van der Waals surface area contributed by atoms with Crippen molar-refractivity contribution >= 4 is 12.2 Å². The Morgan fingerprint density at radius 2 is 1.86 bits per heavy atom. The number of aromatic nitrogens is 1. The van der Waals surface area contributed by atoms with E-state index < -0.39 is 0 Å². The molecule has 108 valence electrons. The maximum Gasteiger partial charge on any atom is 0.216 e. The summed E-state index contributed by atoms with van der Waals surface area (Å²) in [5.74, 6) is 0.746. The lowest BCUT2D eigenvalue weighted by molar-refractivity contribution is -0.108. The molecule has 21 heavy (non-hydrogen) atoms. The highest BCUT2D eigenvalue weighted by Gasteiger charge is 2.41. The number of rotatable bonds is 4. The molecule has 0 aliphatic heterocycles. The SMILES string of the molecule is Cc1ccnc(N(C=O)C2(c3ccccc3)CCCC2)c1. The molecule has 0 unspecified atom stereocenters. The van der Waals surface area contributed by atoms with E-state index in [-0.39, 0.29) is 5.54 Å². The molecule has 1 saturated carbocycles. The fourth-order valence-corrected chi connectivity index (χ4v) is 3.40. The standard InChI is InChI=1S/C18H20N2O/c1-15-9-12-19-17(13-15)20(14-21)18(10-5-6-11-18)16-7-3-2-4-8-16/h2-4,7-9,12-14H,5-6,10-11H2,1H3. The van der Waals surface area contributed by atoms with Crippen molar-refractivity contribution in [1.29, 1.82) is 0 Å². The Morgan fingerprint density at radius 3 is 2.48 bits per heavy atom. The summed E-state index contributed by atoms with van der Waals surface area (Å²) in [6, 6.07) is 14.3. The van der Waals surface area contributed by atoms with Crippen molar-refractivity contribution < 1.29 is 4.79 Å². The number of carbonyl (C=O) groups excluding carboxylic acids is 1. The molecular formula is C18H20N2O. The van der Waals surface area contributed by atoms with E-state index in [2.05, 4.69) is 17.1 Å². The summed E-state index contributed by atoms with van der Waals surface area (Å²) in [5, 5.41) is 0. The van der Waals surface area contributed by atoms with Crippen LogP contribution in [0.3, 0.4) is 0 Å². The van der Waals surface area contributed by atoms with E-state index in [1.54, 1.807) is 6.20 Å². The molecule has 1 heterocycles. The molecule has 1 amide bonds. The number of benzene rings is 1. The van der Waals surface area contributed by atoms with Crippen LogP contribution in [0, 0.1) is 6.92 Å².